The van der Waals surface area contributed by atoms with Crippen LogP contribution in [0, 0.1) is 30.1 Å². The van der Waals surface area contributed by atoms with E-state index in [0.29, 0.717) is 23.6 Å². The van der Waals surface area contributed by atoms with Gasteiger partial charge in [0.2, 0.25) is 5.82 Å². The van der Waals surface area contributed by atoms with Gasteiger partial charge in [-0.2, -0.15) is 4.80 Å². The zero-order chi connectivity index (χ0) is 20.0. The van der Waals surface area contributed by atoms with E-state index in [2.05, 4.69) is 15.4 Å². The Morgan fingerprint density at radius 3 is 2.31 bits per heavy atom. The topological polar surface area (TPSA) is 87.0 Å². The first-order valence-corrected chi connectivity index (χ1v) is 10.5. The quantitative estimate of drug-likeness (QED) is 0.700. The minimum atomic E-state index is -0.504. The molecule has 4 aliphatic rings. The highest BCUT2D eigenvalue weighted by molar-refractivity contribution is 5.88. The van der Waals surface area contributed by atoms with Gasteiger partial charge in [-0.3, -0.25) is 4.79 Å². The molecule has 0 radical (unpaired) electrons. The Kier molecular flexibility index (Phi) is 4.48. The van der Waals surface area contributed by atoms with Gasteiger partial charge < -0.3 is 4.74 Å². The number of ether oxygens (including phenoxy) is 1. The van der Waals surface area contributed by atoms with E-state index < -0.39 is 5.97 Å². The molecular formula is C22H26N4O3. The van der Waals surface area contributed by atoms with Crippen molar-refractivity contribution in [3.63, 3.8) is 0 Å². The van der Waals surface area contributed by atoms with Crippen molar-refractivity contribution in [3.05, 3.63) is 29.8 Å². The van der Waals surface area contributed by atoms with E-state index >= 15 is 0 Å². The molecule has 29 heavy (non-hydrogen) atoms. The van der Waals surface area contributed by atoms with E-state index in [4.69, 9.17) is 4.74 Å². The molecule has 1 aromatic carbocycles. The number of carbonyl (C=O) groups excluding carboxylic acids is 2. The SMILES string of the molecule is Cc1ccc(-c2nnn(CC(=O)OCC(=O)C34CC5CC(CC(C5)C3)C4)n2)cc1. The summed E-state index contributed by atoms with van der Waals surface area (Å²) in [5.74, 6) is 2.15. The van der Waals surface area contributed by atoms with Crippen LogP contribution >= 0.6 is 0 Å². The minimum absolute atomic E-state index is 0.108. The normalized spacial score (nSPS) is 29.8. The lowest BCUT2D eigenvalue weighted by Crippen LogP contribution is -2.51. The van der Waals surface area contributed by atoms with Crippen molar-refractivity contribution >= 4 is 11.8 Å². The van der Waals surface area contributed by atoms with Crippen molar-refractivity contribution in [1.29, 1.82) is 0 Å². The van der Waals surface area contributed by atoms with Crippen LogP contribution in [0.5, 0.6) is 0 Å². The van der Waals surface area contributed by atoms with Crippen LogP contribution in [0.1, 0.15) is 44.1 Å². The summed E-state index contributed by atoms with van der Waals surface area (Å²) in [4.78, 5) is 26.4. The summed E-state index contributed by atoms with van der Waals surface area (Å²) < 4.78 is 5.31. The Balaban J connectivity index is 1.17. The third-order valence-corrected chi connectivity index (χ3v) is 7.03. The summed E-state index contributed by atoms with van der Waals surface area (Å²) in [5.41, 5.74) is 1.75. The van der Waals surface area contributed by atoms with Crippen LogP contribution < -0.4 is 0 Å². The molecule has 0 spiro atoms. The monoisotopic (exact) mass is 394 g/mol. The molecule has 4 aliphatic carbocycles. The summed E-state index contributed by atoms with van der Waals surface area (Å²) in [6.07, 6.45) is 6.81. The molecule has 0 aliphatic heterocycles. The van der Waals surface area contributed by atoms with E-state index in [0.717, 1.165) is 30.4 Å². The number of hydrogen-bond acceptors (Lipinski definition) is 6. The lowest BCUT2D eigenvalue weighted by atomic mass is 9.48. The Morgan fingerprint density at radius 1 is 1.07 bits per heavy atom. The summed E-state index contributed by atoms with van der Waals surface area (Å²) in [5, 5.41) is 12.2. The van der Waals surface area contributed by atoms with Crippen LogP contribution in [0.15, 0.2) is 24.3 Å². The van der Waals surface area contributed by atoms with Gasteiger partial charge in [0.25, 0.3) is 0 Å². The second-order valence-electron chi connectivity index (χ2n) is 9.29. The number of benzene rings is 1. The van der Waals surface area contributed by atoms with E-state index in [1.54, 1.807) is 0 Å². The maximum atomic E-state index is 12.9. The van der Waals surface area contributed by atoms with Crippen LogP contribution in [-0.2, 0) is 20.9 Å². The maximum absolute atomic E-state index is 12.9. The summed E-state index contributed by atoms with van der Waals surface area (Å²) >= 11 is 0. The molecule has 1 heterocycles. The number of carbonyl (C=O) groups is 2. The molecule has 2 aromatic rings. The van der Waals surface area contributed by atoms with Gasteiger partial charge in [0.15, 0.2) is 18.9 Å². The standard InChI is InChI=1S/C22H26N4O3/c1-14-2-4-18(5-3-14)21-23-25-26(24-21)12-20(28)29-13-19(27)22-9-15-6-16(10-22)8-17(7-15)11-22/h2-5,15-17H,6-13H2,1H3. The van der Waals surface area contributed by atoms with Gasteiger partial charge in [-0.25, -0.2) is 4.79 Å². The molecule has 0 saturated heterocycles. The number of nitrogens with zero attached hydrogens (tertiary/aromatic N) is 4. The zero-order valence-corrected chi connectivity index (χ0v) is 16.7. The van der Waals surface area contributed by atoms with E-state index in [9.17, 15) is 9.59 Å². The number of aryl methyl sites for hydroxylation is 1. The molecule has 0 atom stereocenters. The molecule has 4 bridgehead atoms. The number of Topliss-reactive ketones (excluding diaryl/α,β-unsaturated/α-hetero) is 1. The van der Waals surface area contributed by atoms with Gasteiger partial charge in [-0.15, -0.1) is 10.2 Å². The molecule has 6 rings (SSSR count). The highest BCUT2D eigenvalue weighted by atomic mass is 16.5. The third-order valence-electron chi connectivity index (χ3n) is 7.03. The average Bonchev–Trinajstić information content (AvgIpc) is 3.14. The van der Waals surface area contributed by atoms with Crippen molar-refractivity contribution in [3.8, 4) is 11.4 Å². The highest BCUT2D eigenvalue weighted by Gasteiger charge is 2.54. The largest absolute Gasteiger partial charge is 0.456 e. The molecular weight excluding hydrogens is 368 g/mol. The maximum Gasteiger partial charge on any atom is 0.330 e. The number of tetrazole rings is 1. The fourth-order valence-electron chi connectivity index (χ4n) is 6.04. The minimum Gasteiger partial charge on any atom is -0.456 e. The summed E-state index contributed by atoms with van der Waals surface area (Å²) in [6.45, 7) is 1.73. The lowest BCUT2D eigenvalue weighted by Gasteiger charge is -2.55. The first-order valence-electron chi connectivity index (χ1n) is 10.5. The number of esters is 1. The fourth-order valence-corrected chi connectivity index (χ4v) is 6.04. The Morgan fingerprint density at radius 2 is 1.69 bits per heavy atom. The van der Waals surface area contributed by atoms with Crippen molar-refractivity contribution in [2.45, 2.75) is 52.0 Å². The molecule has 4 saturated carbocycles. The Bertz CT molecular complexity index is 899. The van der Waals surface area contributed by atoms with Gasteiger partial charge in [0.05, 0.1) is 0 Å². The van der Waals surface area contributed by atoms with Gasteiger partial charge in [0.1, 0.15) is 0 Å². The highest BCUT2D eigenvalue weighted by Crippen LogP contribution is 2.60. The van der Waals surface area contributed by atoms with Crippen molar-refractivity contribution < 1.29 is 14.3 Å². The fraction of sp³-hybridized carbons (Fsp3) is 0.591. The predicted molar refractivity (Wildman–Crippen MR) is 105 cm³/mol. The van der Waals surface area contributed by atoms with Crippen molar-refractivity contribution in [2.75, 3.05) is 6.61 Å². The number of rotatable bonds is 6. The average molecular weight is 394 g/mol. The molecule has 1 aromatic heterocycles. The first-order chi connectivity index (χ1) is 14.0. The number of hydrogen-bond donors (Lipinski definition) is 0. The second-order valence-corrected chi connectivity index (χ2v) is 9.29. The Hall–Kier alpha value is -2.57. The lowest BCUT2D eigenvalue weighted by molar-refractivity contribution is -0.158. The predicted octanol–water partition coefficient (Wildman–Crippen LogP) is 2.98. The van der Waals surface area contributed by atoms with Gasteiger partial charge >= 0.3 is 5.97 Å². The van der Waals surface area contributed by atoms with Crippen LogP contribution in [-0.4, -0.2) is 38.6 Å². The van der Waals surface area contributed by atoms with Crippen LogP contribution in [0.4, 0.5) is 0 Å². The Labute approximate surface area is 169 Å². The molecule has 4 fully saturated rings. The van der Waals surface area contributed by atoms with Crippen molar-refractivity contribution in [2.24, 2.45) is 23.2 Å². The van der Waals surface area contributed by atoms with E-state index in [1.165, 1.54) is 24.1 Å². The van der Waals surface area contributed by atoms with Gasteiger partial charge in [-0.1, -0.05) is 29.8 Å². The molecule has 0 N–H and O–H groups in total. The van der Waals surface area contributed by atoms with E-state index in [-0.39, 0.29) is 24.3 Å². The molecule has 152 valence electrons. The van der Waals surface area contributed by atoms with Crippen LogP contribution in [0.3, 0.4) is 0 Å². The molecule has 7 heteroatoms. The zero-order valence-electron chi connectivity index (χ0n) is 16.7. The molecule has 0 amide bonds. The van der Waals surface area contributed by atoms with Crippen molar-refractivity contribution in [1.82, 2.24) is 20.2 Å². The van der Waals surface area contributed by atoms with Gasteiger partial charge in [-0.05, 0) is 68.4 Å². The van der Waals surface area contributed by atoms with Crippen LogP contribution in [0.2, 0.25) is 0 Å². The van der Waals surface area contributed by atoms with Crippen LogP contribution in [0.25, 0.3) is 11.4 Å². The first kappa shape index (κ1) is 18.5. The summed E-state index contributed by atoms with van der Waals surface area (Å²) in [6, 6.07) is 7.78. The third kappa shape index (κ3) is 3.58. The van der Waals surface area contributed by atoms with Gasteiger partial charge in [0, 0.05) is 11.0 Å². The van der Waals surface area contributed by atoms with E-state index in [1.807, 2.05) is 31.2 Å². The molecule has 0 unspecified atom stereocenters. The second kappa shape index (κ2) is 7.04. The summed E-state index contributed by atoms with van der Waals surface area (Å²) in [7, 11) is 0. The smallest absolute Gasteiger partial charge is 0.330 e. The molecule has 7 nitrogen and oxygen atoms in total. The number of ketones is 1. The number of aromatic nitrogens is 4.